The van der Waals surface area contributed by atoms with Crippen LogP contribution in [0.5, 0.6) is 0 Å². The summed E-state index contributed by atoms with van der Waals surface area (Å²) in [6, 6.07) is 15.0. The Hall–Kier alpha value is -2.71. The number of nitrogens with zero attached hydrogens (tertiary/aromatic N) is 4. The zero-order valence-electron chi connectivity index (χ0n) is 27.4. The van der Waals surface area contributed by atoms with E-state index in [4.69, 9.17) is 9.73 Å². The molecule has 0 unspecified atom stereocenters. The summed E-state index contributed by atoms with van der Waals surface area (Å²) in [5, 5.41) is 2.06. The first kappa shape index (κ1) is 32.7. The summed E-state index contributed by atoms with van der Waals surface area (Å²) < 4.78 is 6.43. The van der Waals surface area contributed by atoms with E-state index in [-0.39, 0.29) is 29.8 Å². The van der Waals surface area contributed by atoms with Crippen molar-refractivity contribution in [1.82, 2.24) is 14.7 Å². The van der Waals surface area contributed by atoms with E-state index in [0.29, 0.717) is 56.4 Å². The lowest BCUT2D eigenvalue weighted by Gasteiger charge is -2.43. The smallest absolute Gasteiger partial charge is 0.288 e. The molecular weight excluding hydrogens is 568 g/mol. The third-order valence-electron chi connectivity index (χ3n) is 9.72. The van der Waals surface area contributed by atoms with Crippen molar-refractivity contribution in [3.8, 4) is 0 Å². The second-order valence-corrected chi connectivity index (χ2v) is 14.8. The Morgan fingerprint density at radius 2 is 1.75 bits per heavy atom. The highest BCUT2D eigenvalue weighted by molar-refractivity contribution is 7.09. The third kappa shape index (κ3) is 8.11. The van der Waals surface area contributed by atoms with Crippen LogP contribution < -0.4 is 0 Å². The molecule has 0 radical (unpaired) electrons. The number of piperidine rings is 1. The Balaban J connectivity index is 1.31. The molecule has 44 heavy (non-hydrogen) atoms. The summed E-state index contributed by atoms with van der Waals surface area (Å²) in [6.07, 6.45) is 5.09. The zero-order valence-corrected chi connectivity index (χ0v) is 28.2. The second-order valence-electron chi connectivity index (χ2n) is 13.8. The number of rotatable bonds is 11. The van der Waals surface area contributed by atoms with E-state index < -0.39 is 6.04 Å². The summed E-state index contributed by atoms with van der Waals surface area (Å²) in [5.74, 6) is 1.24. The number of Topliss-reactive ketones (excluding diaryl/α,β-unsaturated/α-hetero) is 1. The molecule has 0 N–H and O–H groups in total. The fraction of sp³-hybridized carbons (Fsp3) is 0.639. The lowest BCUT2D eigenvalue weighted by Crippen LogP contribution is -2.60. The minimum Gasteiger partial charge on any atom is -0.455 e. The van der Waals surface area contributed by atoms with Gasteiger partial charge in [0.2, 0.25) is 5.91 Å². The van der Waals surface area contributed by atoms with Crippen molar-refractivity contribution in [2.45, 2.75) is 97.4 Å². The number of aliphatic imine (C=N–C) groups is 1. The van der Waals surface area contributed by atoms with Crippen molar-refractivity contribution in [2.24, 2.45) is 22.7 Å². The number of benzene rings is 1. The Morgan fingerprint density at radius 1 is 1.00 bits per heavy atom. The zero-order chi connectivity index (χ0) is 31.2. The van der Waals surface area contributed by atoms with Crippen molar-refractivity contribution in [3.05, 3.63) is 58.3 Å². The van der Waals surface area contributed by atoms with Crippen molar-refractivity contribution in [3.63, 3.8) is 0 Å². The van der Waals surface area contributed by atoms with Gasteiger partial charge in [-0.2, -0.15) is 0 Å². The van der Waals surface area contributed by atoms with Crippen molar-refractivity contribution < 1.29 is 14.3 Å². The molecule has 4 atom stereocenters. The summed E-state index contributed by atoms with van der Waals surface area (Å²) in [6.45, 7) is 14.8. The Kier molecular flexibility index (Phi) is 11.2. The molecule has 1 amide bonds. The molecule has 2 aromatic rings. The van der Waals surface area contributed by atoms with Gasteiger partial charge in [-0.1, -0.05) is 50.2 Å². The first-order chi connectivity index (χ1) is 21.2. The molecule has 3 aliphatic heterocycles. The summed E-state index contributed by atoms with van der Waals surface area (Å²) >= 11 is 1.69. The predicted octanol–water partition coefficient (Wildman–Crippen LogP) is 6.45. The van der Waals surface area contributed by atoms with Gasteiger partial charge >= 0.3 is 0 Å². The van der Waals surface area contributed by atoms with Crippen LogP contribution >= 0.6 is 11.3 Å². The van der Waals surface area contributed by atoms with Gasteiger partial charge < -0.3 is 19.4 Å². The number of likely N-dealkylation sites (tertiary alicyclic amines) is 1. The average molecular weight is 621 g/mol. The molecule has 3 aliphatic rings. The maximum Gasteiger partial charge on any atom is 0.288 e. The standard InChI is InChI=1S/C36H52N4O3S/c1-25(2)22-30(23-28-15-17-38(18-16-28)26(3)4)35(42)40-20-19-39(24-32(40)33(41)14-13-31-12-9-21-44-31)36-37-27(5)34(43-36)29-10-7-6-8-11-29/h6-12,21,25-28,30,32,34H,13-20,22-24H2,1-5H3/t27-,30+,32-,34+/m0/s1. The monoisotopic (exact) mass is 620 g/mol. The summed E-state index contributed by atoms with van der Waals surface area (Å²) in [5.41, 5.74) is 1.10. The lowest BCUT2D eigenvalue weighted by molar-refractivity contribution is -0.146. The van der Waals surface area contributed by atoms with Crippen LogP contribution in [0.15, 0.2) is 52.8 Å². The van der Waals surface area contributed by atoms with E-state index in [1.165, 1.54) is 4.88 Å². The number of aryl methyl sites for hydroxylation is 1. The van der Waals surface area contributed by atoms with Crippen molar-refractivity contribution in [1.29, 1.82) is 0 Å². The lowest BCUT2D eigenvalue weighted by atomic mass is 9.82. The quantitative estimate of drug-likeness (QED) is 0.289. The van der Waals surface area contributed by atoms with E-state index in [9.17, 15) is 9.59 Å². The van der Waals surface area contributed by atoms with Gasteiger partial charge in [-0.05, 0) is 94.8 Å². The second kappa shape index (κ2) is 15.0. The van der Waals surface area contributed by atoms with Crippen molar-refractivity contribution >= 4 is 29.0 Å². The molecule has 0 saturated carbocycles. The van der Waals surface area contributed by atoms with Crippen LogP contribution in [-0.2, 0) is 20.7 Å². The number of piperazine rings is 1. The van der Waals surface area contributed by atoms with Gasteiger partial charge in [-0.15, -0.1) is 11.3 Å². The molecule has 2 fully saturated rings. The fourth-order valence-electron chi connectivity index (χ4n) is 7.20. The molecule has 0 aliphatic carbocycles. The van der Waals surface area contributed by atoms with Gasteiger partial charge in [0.25, 0.3) is 6.02 Å². The van der Waals surface area contributed by atoms with Crippen LogP contribution in [0, 0.1) is 17.8 Å². The Labute approximate surface area is 268 Å². The Morgan fingerprint density at radius 3 is 2.41 bits per heavy atom. The van der Waals surface area contributed by atoms with Crippen LogP contribution in [0.2, 0.25) is 0 Å². The number of ketones is 1. The van der Waals surface area contributed by atoms with E-state index in [0.717, 1.165) is 44.3 Å². The molecule has 240 valence electrons. The van der Waals surface area contributed by atoms with Crippen LogP contribution in [0.1, 0.15) is 83.3 Å². The minimum atomic E-state index is -0.494. The first-order valence-electron chi connectivity index (χ1n) is 16.8. The van der Waals surface area contributed by atoms with Crippen LogP contribution in [0.4, 0.5) is 0 Å². The van der Waals surface area contributed by atoms with Gasteiger partial charge in [0, 0.05) is 42.9 Å². The third-order valence-corrected chi connectivity index (χ3v) is 10.7. The molecule has 0 spiro atoms. The fourth-order valence-corrected chi connectivity index (χ4v) is 7.91. The molecular formula is C36H52N4O3S. The van der Waals surface area contributed by atoms with Crippen molar-refractivity contribution in [2.75, 3.05) is 32.7 Å². The number of ether oxygens (including phenoxy) is 1. The van der Waals surface area contributed by atoms with Crippen LogP contribution in [-0.4, -0.2) is 83.3 Å². The average Bonchev–Trinajstić information content (AvgIpc) is 3.69. The molecule has 7 nitrogen and oxygen atoms in total. The van der Waals surface area contributed by atoms with Gasteiger partial charge in [0.05, 0.1) is 6.04 Å². The maximum atomic E-state index is 14.4. The van der Waals surface area contributed by atoms with Crippen LogP contribution in [0.25, 0.3) is 0 Å². The van der Waals surface area contributed by atoms with Gasteiger partial charge in [0.1, 0.15) is 12.1 Å². The molecule has 8 heteroatoms. The van der Waals surface area contributed by atoms with E-state index in [1.54, 1.807) is 11.3 Å². The highest BCUT2D eigenvalue weighted by atomic mass is 32.1. The summed E-state index contributed by atoms with van der Waals surface area (Å²) in [4.78, 5) is 41.1. The predicted molar refractivity (Wildman–Crippen MR) is 179 cm³/mol. The number of carbonyl (C=O) groups is 2. The van der Waals surface area contributed by atoms with Gasteiger partial charge in [0.15, 0.2) is 5.78 Å². The van der Waals surface area contributed by atoms with E-state index >= 15 is 0 Å². The highest BCUT2D eigenvalue weighted by Crippen LogP contribution is 2.33. The summed E-state index contributed by atoms with van der Waals surface area (Å²) in [7, 11) is 0. The molecule has 2 saturated heterocycles. The largest absolute Gasteiger partial charge is 0.455 e. The molecule has 1 aromatic heterocycles. The molecule has 4 heterocycles. The molecule has 0 bridgehead atoms. The van der Waals surface area contributed by atoms with Crippen LogP contribution in [0.3, 0.4) is 0 Å². The SMILES string of the molecule is CC(C)C[C@H](CC1CCN(C(C)C)CC1)C(=O)N1CCN(C2=N[C@@H](C)[C@H](c3ccccc3)O2)C[C@H]1C(=O)CCc1cccs1. The van der Waals surface area contributed by atoms with E-state index in [2.05, 4.69) is 68.0 Å². The highest BCUT2D eigenvalue weighted by Gasteiger charge is 2.41. The normalized spacial score (nSPS) is 24.1. The Bertz CT molecular complexity index is 1240. The number of thiophene rings is 1. The number of carbonyl (C=O) groups excluding carboxylic acids is 2. The number of amidine groups is 1. The van der Waals surface area contributed by atoms with Gasteiger partial charge in [-0.3, -0.25) is 9.59 Å². The van der Waals surface area contributed by atoms with E-state index in [1.807, 2.05) is 29.2 Å². The number of hydrogen-bond acceptors (Lipinski definition) is 7. The van der Waals surface area contributed by atoms with Gasteiger partial charge in [-0.25, -0.2) is 4.99 Å². The minimum absolute atomic E-state index is 0.0161. The number of hydrogen-bond donors (Lipinski definition) is 0. The molecule has 1 aromatic carbocycles. The topological polar surface area (TPSA) is 65.5 Å². The maximum absolute atomic E-state index is 14.4. The first-order valence-corrected chi connectivity index (χ1v) is 17.7. The number of amides is 1. The molecule has 5 rings (SSSR count).